The van der Waals surface area contributed by atoms with Gasteiger partial charge in [0.2, 0.25) is 0 Å². The molecule has 1 amide bonds. The van der Waals surface area contributed by atoms with Crippen LogP contribution >= 0.6 is 0 Å². The smallest absolute Gasteiger partial charge is 0.280 e. The monoisotopic (exact) mass is 433 g/mol. The van der Waals surface area contributed by atoms with Gasteiger partial charge in [0, 0.05) is 25.0 Å². The number of carbonyl (C=O) groups is 1. The number of hydrogen-bond donors (Lipinski definition) is 3. The summed E-state index contributed by atoms with van der Waals surface area (Å²) in [5.41, 5.74) is 2.99. The van der Waals surface area contributed by atoms with E-state index in [1.54, 1.807) is 12.1 Å². The van der Waals surface area contributed by atoms with Crippen molar-refractivity contribution in [2.45, 2.75) is 20.3 Å². The van der Waals surface area contributed by atoms with Crippen molar-refractivity contribution in [3.63, 3.8) is 0 Å². The fourth-order valence-electron chi connectivity index (χ4n) is 3.11. The zero-order valence-electron chi connectivity index (χ0n) is 17.4. The molecule has 0 unspecified atom stereocenters. The van der Waals surface area contributed by atoms with Crippen LogP contribution in [0.4, 0.5) is 25.8 Å². The molecule has 10 heteroatoms. The molecule has 1 saturated heterocycles. The number of benzene rings is 1. The Hall–Kier alpha value is -3.24. The molecule has 1 fully saturated rings. The molecule has 0 spiro atoms. The number of aliphatic hydroxyl groups is 1. The van der Waals surface area contributed by atoms with E-state index in [0.29, 0.717) is 5.52 Å². The lowest BCUT2D eigenvalue weighted by Gasteiger charge is -2.33. The van der Waals surface area contributed by atoms with E-state index in [4.69, 9.17) is 9.94 Å². The van der Waals surface area contributed by atoms with Crippen LogP contribution in [0, 0.1) is 11.6 Å². The van der Waals surface area contributed by atoms with E-state index in [1.807, 2.05) is 18.7 Å². The Bertz CT molecular complexity index is 1050. The van der Waals surface area contributed by atoms with E-state index in [2.05, 4.69) is 15.8 Å². The summed E-state index contributed by atoms with van der Waals surface area (Å²) in [6.45, 7) is 5.29. The minimum absolute atomic E-state index is 0.0446. The van der Waals surface area contributed by atoms with Crippen molar-refractivity contribution in [2.75, 3.05) is 36.5 Å². The lowest BCUT2D eigenvalue weighted by molar-refractivity contribution is 0.0166. The van der Waals surface area contributed by atoms with Crippen LogP contribution in [0.2, 0.25) is 0 Å². The zero-order chi connectivity index (χ0) is 22.4. The van der Waals surface area contributed by atoms with Crippen LogP contribution < -0.4 is 15.7 Å². The first kappa shape index (κ1) is 22.4. The van der Waals surface area contributed by atoms with E-state index in [-0.39, 0.29) is 30.2 Å². The van der Waals surface area contributed by atoms with Gasteiger partial charge in [-0.25, -0.2) is 19.2 Å². The van der Waals surface area contributed by atoms with Gasteiger partial charge in [0.25, 0.3) is 5.91 Å². The Labute approximate surface area is 178 Å². The van der Waals surface area contributed by atoms with Crippen LogP contribution in [0.25, 0.3) is 5.52 Å². The van der Waals surface area contributed by atoms with Crippen molar-refractivity contribution in [2.24, 2.45) is 0 Å². The number of aromatic nitrogens is 2. The summed E-state index contributed by atoms with van der Waals surface area (Å²) in [5.74, 6) is -2.25. The van der Waals surface area contributed by atoms with Gasteiger partial charge in [-0.15, -0.1) is 0 Å². The van der Waals surface area contributed by atoms with Gasteiger partial charge in [-0.3, -0.25) is 9.63 Å². The van der Waals surface area contributed by atoms with Crippen LogP contribution in [0.1, 0.15) is 30.6 Å². The largest absolute Gasteiger partial charge is 0.394 e. The summed E-state index contributed by atoms with van der Waals surface area (Å²) >= 11 is 0. The first-order valence-electron chi connectivity index (χ1n) is 10.1. The second-order valence-electron chi connectivity index (χ2n) is 6.55. The summed E-state index contributed by atoms with van der Waals surface area (Å²) in [5, 5.41) is 11.6. The lowest BCUT2D eigenvalue weighted by atomic mass is 10.1. The molecule has 0 bridgehead atoms. The molecule has 0 radical (unpaired) electrons. The van der Waals surface area contributed by atoms with Crippen molar-refractivity contribution in [3.05, 3.63) is 54.1 Å². The predicted octanol–water partition coefficient (Wildman–Crippen LogP) is 3.25. The Morgan fingerprint density at radius 1 is 1.26 bits per heavy atom. The van der Waals surface area contributed by atoms with Gasteiger partial charge in [-0.1, -0.05) is 13.8 Å². The van der Waals surface area contributed by atoms with E-state index >= 15 is 0 Å². The van der Waals surface area contributed by atoms with Crippen LogP contribution in [0.15, 0.2) is 36.9 Å². The number of aliphatic hydroxyl groups excluding tert-OH is 1. The molecule has 1 aliphatic rings. The van der Waals surface area contributed by atoms with Crippen molar-refractivity contribution in [1.82, 2.24) is 14.9 Å². The number of carbonyl (C=O) groups excluding carboxylic acids is 1. The summed E-state index contributed by atoms with van der Waals surface area (Å²) in [6, 6.07) is 4.71. The number of fused-ring (bicyclic) bond motifs is 1. The van der Waals surface area contributed by atoms with E-state index in [1.165, 1.54) is 23.0 Å². The fraction of sp³-hybridized carbons (Fsp3) is 0.333. The van der Waals surface area contributed by atoms with Crippen molar-refractivity contribution in [1.29, 1.82) is 0 Å². The number of hydroxylamine groups is 1. The Morgan fingerprint density at radius 2 is 2.03 bits per heavy atom. The highest BCUT2D eigenvalue weighted by molar-refractivity contribution is 6.03. The van der Waals surface area contributed by atoms with Crippen LogP contribution in [-0.2, 0) is 4.84 Å². The van der Waals surface area contributed by atoms with Crippen molar-refractivity contribution in [3.8, 4) is 0 Å². The SMILES string of the molecule is CC.O=C(NOCCO)c1c(F)cn2cncc2c1Nc1ccc(N2CCC2)cc1F. The fourth-order valence-corrected chi connectivity index (χ4v) is 3.11. The van der Waals surface area contributed by atoms with Crippen LogP contribution in [-0.4, -0.2) is 46.7 Å². The molecule has 1 aromatic carbocycles. The maximum atomic E-state index is 14.7. The van der Waals surface area contributed by atoms with Gasteiger partial charge in [-0.05, 0) is 24.6 Å². The molecular weight excluding hydrogens is 408 g/mol. The summed E-state index contributed by atoms with van der Waals surface area (Å²) in [4.78, 5) is 23.3. The number of nitrogens with zero attached hydrogens (tertiary/aromatic N) is 3. The molecule has 4 rings (SSSR count). The van der Waals surface area contributed by atoms with E-state index in [9.17, 15) is 13.6 Å². The summed E-state index contributed by atoms with van der Waals surface area (Å²) in [7, 11) is 0. The average Bonchev–Trinajstić information content (AvgIpc) is 3.18. The topological polar surface area (TPSA) is 91.1 Å². The van der Waals surface area contributed by atoms with Gasteiger partial charge in [0.05, 0.1) is 42.6 Å². The third-order valence-electron chi connectivity index (χ3n) is 4.68. The molecule has 1 aliphatic heterocycles. The molecule has 0 saturated carbocycles. The average molecular weight is 433 g/mol. The maximum Gasteiger partial charge on any atom is 0.280 e. The number of pyridine rings is 1. The third kappa shape index (κ3) is 4.75. The van der Waals surface area contributed by atoms with Gasteiger partial charge in [-0.2, -0.15) is 0 Å². The lowest BCUT2D eigenvalue weighted by Crippen LogP contribution is -2.36. The standard InChI is InChI=1S/C19H19F2N5O3.C2H6/c20-13-8-12(25-4-1-5-25)2-3-15(13)23-18-16-9-22-11-26(16)10-14(21)17(18)19(28)24-29-7-6-27;1-2/h2-3,8-11,23,27H,1,4-7H2,(H,24,28);1-2H3. The highest BCUT2D eigenvalue weighted by Crippen LogP contribution is 2.32. The number of rotatable bonds is 7. The molecule has 8 nitrogen and oxygen atoms in total. The van der Waals surface area contributed by atoms with E-state index < -0.39 is 17.5 Å². The molecule has 3 heterocycles. The second-order valence-corrected chi connectivity index (χ2v) is 6.55. The number of amides is 1. The third-order valence-corrected chi connectivity index (χ3v) is 4.68. The number of halogens is 2. The quantitative estimate of drug-likeness (QED) is 0.392. The number of nitrogens with one attached hydrogen (secondary N) is 2. The first-order valence-corrected chi connectivity index (χ1v) is 10.1. The minimum Gasteiger partial charge on any atom is -0.394 e. The van der Waals surface area contributed by atoms with Gasteiger partial charge in [0.15, 0.2) is 5.82 Å². The van der Waals surface area contributed by atoms with Crippen LogP contribution in [0.3, 0.4) is 0 Å². The van der Waals surface area contributed by atoms with Gasteiger partial charge < -0.3 is 19.7 Å². The number of anilines is 3. The molecule has 3 aromatic rings. The van der Waals surface area contributed by atoms with Gasteiger partial charge in [0.1, 0.15) is 11.4 Å². The number of imidazole rings is 1. The molecule has 3 N–H and O–H groups in total. The van der Waals surface area contributed by atoms with Gasteiger partial charge >= 0.3 is 0 Å². The Kier molecular flexibility index (Phi) is 7.37. The van der Waals surface area contributed by atoms with E-state index in [0.717, 1.165) is 31.4 Å². The normalized spacial score (nSPS) is 12.7. The highest BCUT2D eigenvalue weighted by atomic mass is 19.1. The summed E-state index contributed by atoms with van der Waals surface area (Å²) in [6.07, 6.45) is 4.97. The highest BCUT2D eigenvalue weighted by Gasteiger charge is 2.23. The molecular formula is C21H25F2N5O3. The maximum absolute atomic E-state index is 14.7. The second kappa shape index (κ2) is 10.2. The first-order chi connectivity index (χ1) is 15.1. The molecule has 2 aromatic heterocycles. The molecule has 166 valence electrons. The predicted molar refractivity (Wildman–Crippen MR) is 114 cm³/mol. The molecule has 31 heavy (non-hydrogen) atoms. The minimum atomic E-state index is -0.875. The van der Waals surface area contributed by atoms with Crippen molar-refractivity contribution >= 4 is 28.5 Å². The molecule has 0 atom stereocenters. The Balaban J connectivity index is 0.00000132. The number of hydrogen-bond acceptors (Lipinski definition) is 6. The summed E-state index contributed by atoms with van der Waals surface area (Å²) < 4.78 is 30.8. The zero-order valence-corrected chi connectivity index (χ0v) is 17.4. The Morgan fingerprint density at radius 3 is 2.68 bits per heavy atom. The molecule has 0 aliphatic carbocycles. The van der Waals surface area contributed by atoms with Crippen molar-refractivity contribution < 1.29 is 23.5 Å². The van der Waals surface area contributed by atoms with Crippen LogP contribution in [0.5, 0.6) is 0 Å².